The lowest BCUT2D eigenvalue weighted by atomic mass is 9.96. The van der Waals surface area contributed by atoms with Crippen molar-refractivity contribution in [2.75, 3.05) is 6.61 Å². The third-order valence-electron chi connectivity index (χ3n) is 3.45. The van der Waals surface area contributed by atoms with Crippen molar-refractivity contribution in [3.63, 3.8) is 0 Å². The van der Waals surface area contributed by atoms with Crippen LogP contribution >= 0.6 is 0 Å². The molecule has 9 heteroatoms. The van der Waals surface area contributed by atoms with Gasteiger partial charge in [-0.25, -0.2) is 26.7 Å². The molecule has 0 fully saturated rings. The quantitative estimate of drug-likeness (QED) is 0.654. The van der Waals surface area contributed by atoms with Gasteiger partial charge in [0.05, 0.1) is 21.9 Å². The number of primary sulfonamides is 1. The van der Waals surface area contributed by atoms with Gasteiger partial charge in [0.25, 0.3) is 0 Å². The minimum absolute atomic E-state index is 0.214. The lowest BCUT2D eigenvalue weighted by molar-refractivity contribution is 0.172. The van der Waals surface area contributed by atoms with Gasteiger partial charge in [-0.2, -0.15) is 0 Å². The first-order chi connectivity index (χ1) is 9.60. The van der Waals surface area contributed by atoms with Crippen molar-refractivity contribution in [1.82, 2.24) is 4.72 Å². The van der Waals surface area contributed by atoms with Crippen LogP contribution < -0.4 is 9.86 Å². The third-order valence-corrected chi connectivity index (χ3v) is 5.94. The highest BCUT2D eigenvalue weighted by Crippen LogP contribution is 2.20. The zero-order valence-electron chi connectivity index (χ0n) is 11.9. The Labute approximate surface area is 125 Å². The fourth-order valence-corrected chi connectivity index (χ4v) is 4.03. The molecule has 0 heterocycles. The van der Waals surface area contributed by atoms with Crippen LogP contribution in [-0.4, -0.2) is 34.1 Å². The first-order valence-corrected chi connectivity index (χ1v) is 9.41. The van der Waals surface area contributed by atoms with Gasteiger partial charge in [-0.15, -0.1) is 0 Å². The van der Waals surface area contributed by atoms with Crippen LogP contribution in [0.25, 0.3) is 0 Å². The minimum atomic E-state index is -3.99. The van der Waals surface area contributed by atoms with Crippen LogP contribution in [0.3, 0.4) is 0 Å². The van der Waals surface area contributed by atoms with E-state index in [0.717, 1.165) is 6.07 Å². The maximum Gasteiger partial charge on any atom is 0.241 e. The summed E-state index contributed by atoms with van der Waals surface area (Å²) in [6.45, 7) is 3.15. The van der Waals surface area contributed by atoms with Crippen LogP contribution in [0.4, 0.5) is 0 Å². The fourth-order valence-electron chi connectivity index (χ4n) is 1.81. The molecule has 0 aliphatic rings. The maximum absolute atomic E-state index is 12.3. The molecule has 0 saturated heterocycles. The van der Waals surface area contributed by atoms with Gasteiger partial charge in [-0.3, -0.25) is 0 Å². The van der Waals surface area contributed by atoms with E-state index >= 15 is 0 Å². The summed E-state index contributed by atoms with van der Waals surface area (Å²) < 4.78 is 49.7. The summed E-state index contributed by atoms with van der Waals surface area (Å²) in [7, 11) is -7.95. The molecule has 1 aromatic rings. The highest BCUT2D eigenvalue weighted by atomic mass is 32.2. The molecule has 120 valence electrons. The molecule has 0 saturated carbocycles. The van der Waals surface area contributed by atoms with E-state index in [1.807, 2.05) is 0 Å². The summed E-state index contributed by atoms with van der Waals surface area (Å²) in [5.74, 6) is 0. The van der Waals surface area contributed by atoms with E-state index in [1.165, 1.54) is 18.2 Å². The van der Waals surface area contributed by atoms with Crippen molar-refractivity contribution in [1.29, 1.82) is 0 Å². The van der Waals surface area contributed by atoms with Crippen molar-refractivity contribution < 1.29 is 21.9 Å². The highest BCUT2D eigenvalue weighted by Gasteiger charge is 2.31. The summed E-state index contributed by atoms with van der Waals surface area (Å²) in [6, 6.07) is 4.77. The predicted molar refractivity (Wildman–Crippen MR) is 78.5 cm³/mol. The Morgan fingerprint density at radius 1 is 1.14 bits per heavy atom. The molecular formula is C12H20N2O5S2. The van der Waals surface area contributed by atoms with E-state index in [1.54, 1.807) is 13.8 Å². The molecule has 0 aliphatic heterocycles. The van der Waals surface area contributed by atoms with Gasteiger partial charge in [-0.05, 0) is 31.0 Å². The second-order valence-corrected chi connectivity index (χ2v) is 8.01. The number of aliphatic hydroxyl groups excluding tert-OH is 1. The molecule has 0 spiro atoms. The fraction of sp³-hybridized carbons (Fsp3) is 0.500. The molecule has 1 rings (SSSR count). The van der Waals surface area contributed by atoms with Crippen molar-refractivity contribution >= 4 is 20.0 Å². The first-order valence-electron chi connectivity index (χ1n) is 6.38. The Bertz CT molecular complexity index is 686. The molecule has 0 bridgehead atoms. The molecule has 21 heavy (non-hydrogen) atoms. The van der Waals surface area contributed by atoms with Crippen LogP contribution in [0, 0.1) is 0 Å². The maximum atomic E-state index is 12.3. The number of benzene rings is 1. The van der Waals surface area contributed by atoms with Gasteiger partial charge >= 0.3 is 0 Å². The van der Waals surface area contributed by atoms with Crippen LogP contribution in [0.2, 0.25) is 0 Å². The molecule has 1 aromatic carbocycles. The van der Waals surface area contributed by atoms with E-state index in [-0.39, 0.29) is 16.4 Å². The second-order valence-electron chi connectivity index (χ2n) is 4.77. The Hall–Kier alpha value is -1.00. The Balaban J connectivity index is 3.26. The largest absolute Gasteiger partial charge is 0.394 e. The predicted octanol–water partition coefficient (Wildman–Crippen LogP) is 0.163. The van der Waals surface area contributed by atoms with Crippen LogP contribution in [0.1, 0.15) is 26.7 Å². The van der Waals surface area contributed by atoms with Crippen LogP contribution in [0.5, 0.6) is 0 Å². The molecule has 0 amide bonds. The SMILES string of the molecule is CCC(CC)(CO)NS(=O)(=O)c1cccc(S(N)(=O)=O)c1. The number of nitrogens with two attached hydrogens (primary N) is 1. The number of rotatable bonds is 7. The summed E-state index contributed by atoms with van der Waals surface area (Å²) >= 11 is 0. The Morgan fingerprint density at radius 2 is 1.67 bits per heavy atom. The van der Waals surface area contributed by atoms with Gasteiger partial charge in [0.15, 0.2) is 0 Å². The van der Waals surface area contributed by atoms with Crippen LogP contribution in [0.15, 0.2) is 34.1 Å². The molecule has 4 N–H and O–H groups in total. The summed E-state index contributed by atoms with van der Waals surface area (Å²) in [6.07, 6.45) is 0.794. The van der Waals surface area contributed by atoms with E-state index in [9.17, 15) is 21.9 Å². The van der Waals surface area contributed by atoms with Crippen molar-refractivity contribution in [3.05, 3.63) is 24.3 Å². The average Bonchev–Trinajstić information content (AvgIpc) is 2.44. The highest BCUT2D eigenvalue weighted by molar-refractivity contribution is 7.90. The average molecular weight is 336 g/mol. The van der Waals surface area contributed by atoms with E-state index in [2.05, 4.69) is 4.72 Å². The third kappa shape index (κ3) is 4.24. The number of hydrogen-bond acceptors (Lipinski definition) is 5. The number of nitrogens with one attached hydrogen (secondary N) is 1. The van der Waals surface area contributed by atoms with E-state index < -0.39 is 25.6 Å². The van der Waals surface area contributed by atoms with Crippen molar-refractivity contribution in [2.24, 2.45) is 5.14 Å². The van der Waals surface area contributed by atoms with Crippen molar-refractivity contribution in [3.8, 4) is 0 Å². The molecule has 0 aliphatic carbocycles. The van der Waals surface area contributed by atoms with E-state index in [0.29, 0.717) is 12.8 Å². The number of hydrogen-bond donors (Lipinski definition) is 3. The molecule has 7 nitrogen and oxygen atoms in total. The normalized spacial score (nSPS) is 13.3. The summed E-state index contributed by atoms with van der Waals surface area (Å²) in [4.78, 5) is -0.498. The van der Waals surface area contributed by atoms with Crippen LogP contribution in [-0.2, 0) is 20.0 Å². The van der Waals surface area contributed by atoms with Gasteiger partial charge in [0.1, 0.15) is 0 Å². The zero-order valence-corrected chi connectivity index (χ0v) is 13.5. The molecule has 0 radical (unpaired) electrons. The van der Waals surface area contributed by atoms with E-state index in [4.69, 9.17) is 5.14 Å². The Kier molecular flexibility index (Phi) is 5.51. The molecule has 0 aromatic heterocycles. The molecule has 0 atom stereocenters. The summed E-state index contributed by atoms with van der Waals surface area (Å²) in [5, 5.41) is 14.4. The standard InChI is InChI=1S/C12H20N2O5S2/c1-3-12(4-2,9-15)14-21(18,19)11-7-5-6-10(8-11)20(13,16)17/h5-8,14-15H,3-4,9H2,1-2H3,(H2,13,16,17). The van der Waals surface area contributed by atoms with Gasteiger partial charge < -0.3 is 5.11 Å². The second kappa shape index (κ2) is 6.41. The first kappa shape index (κ1) is 18.1. The summed E-state index contributed by atoms with van der Waals surface area (Å²) in [5.41, 5.74) is -0.976. The topological polar surface area (TPSA) is 127 Å². The number of sulfonamides is 2. The van der Waals surface area contributed by atoms with Gasteiger partial charge in [0, 0.05) is 0 Å². The lowest BCUT2D eigenvalue weighted by Crippen LogP contribution is -2.50. The lowest BCUT2D eigenvalue weighted by Gasteiger charge is -2.30. The van der Waals surface area contributed by atoms with Crippen molar-refractivity contribution in [2.45, 2.75) is 42.0 Å². The van der Waals surface area contributed by atoms with Gasteiger partial charge in [-0.1, -0.05) is 19.9 Å². The molecule has 0 unspecified atom stereocenters. The smallest absolute Gasteiger partial charge is 0.241 e. The number of aliphatic hydroxyl groups is 1. The Morgan fingerprint density at radius 3 is 2.10 bits per heavy atom. The zero-order chi connectivity index (χ0) is 16.3. The van der Waals surface area contributed by atoms with Gasteiger partial charge in [0.2, 0.25) is 20.0 Å². The monoisotopic (exact) mass is 336 g/mol. The minimum Gasteiger partial charge on any atom is -0.394 e. The molecular weight excluding hydrogens is 316 g/mol.